The van der Waals surface area contributed by atoms with E-state index in [1.165, 1.54) is 14.2 Å². The summed E-state index contributed by atoms with van der Waals surface area (Å²) in [5.41, 5.74) is 0.173. The number of aryl methyl sites for hydroxylation is 1. The number of amides is 2. The first-order valence-corrected chi connectivity index (χ1v) is 9.54. The lowest BCUT2D eigenvalue weighted by atomic mass is 10.0. The standard InChI is InChI=1S/C21H26N2O8/c1-10(2)19(20(26)27)23-17(25)9-22-16(24)8-13-11(3)18-14(30-5)6-12(29-4)7-15(18)31-21(13)28/h6-7,10,19H,8-9H2,1-5H3,(H,22,24)(H,23,25)(H,26,27)/p-1/t19-/m0/s1. The molecule has 2 N–H and O–H groups in total. The topological polar surface area (TPSA) is 147 Å². The second-order valence-corrected chi connectivity index (χ2v) is 7.26. The van der Waals surface area contributed by atoms with E-state index in [9.17, 15) is 24.3 Å². The van der Waals surface area contributed by atoms with E-state index < -0.39 is 36.0 Å². The Morgan fingerprint density at radius 1 is 1.13 bits per heavy atom. The van der Waals surface area contributed by atoms with Crippen molar-refractivity contribution in [1.82, 2.24) is 10.6 Å². The number of nitrogens with one attached hydrogen (secondary N) is 2. The average Bonchev–Trinajstić information content (AvgIpc) is 2.71. The van der Waals surface area contributed by atoms with Gasteiger partial charge in [0.05, 0.1) is 50.1 Å². The van der Waals surface area contributed by atoms with Crippen molar-refractivity contribution in [2.75, 3.05) is 20.8 Å². The fourth-order valence-electron chi connectivity index (χ4n) is 3.09. The molecule has 0 unspecified atom stereocenters. The van der Waals surface area contributed by atoms with Gasteiger partial charge in [-0.2, -0.15) is 0 Å². The lowest BCUT2D eigenvalue weighted by Gasteiger charge is -2.23. The maximum absolute atomic E-state index is 12.4. The molecule has 2 amide bonds. The van der Waals surface area contributed by atoms with Gasteiger partial charge in [-0.3, -0.25) is 9.59 Å². The third kappa shape index (κ3) is 5.53. The smallest absolute Gasteiger partial charge is 0.340 e. The number of rotatable bonds is 9. The number of ether oxygens (including phenoxy) is 2. The van der Waals surface area contributed by atoms with Crippen molar-refractivity contribution in [3.05, 3.63) is 33.7 Å². The van der Waals surface area contributed by atoms with E-state index in [-0.39, 0.29) is 23.5 Å². The van der Waals surface area contributed by atoms with Crippen molar-refractivity contribution < 1.29 is 33.4 Å². The molecule has 31 heavy (non-hydrogen) atoms. The van der Waals surface area contributed by atoms with Crippen LogP contribution in [-0.4, -0.2) is 44.6 Å². The molecule has 0 aliphatic carbocycles. The van der Waals surface area contributed by atoms with E-state index in [1.807, 2.05) is 0 Å². The van der Waals surface area contributed by atoms with E-state index >= 15 is 0 Å². The van der Waals surface area contributed by atoms with E-state index in [2.05, 4.69) is 10.6 Å². The number of carbonyl (C=O) groups is 3. The number of hydrogen-bond acceptors (Lipinski definition) is 8. The zero-order valence-electron chi connectivity index (χ0n) is 18.0. The largest absolute Gasteiger partial charge is 0.548 e. The van der Waals surface area contributed by atoms with Gasteiger partial charge in [0.1, 0.15) is 17.1 Å². The van der Waals surface area contributed by atoms with Gasteiger partial charge in [-0.1, -0.05) is 13.8 Å². The second-order valence-electron chi connectivity index (χ2n) is 7.26. The van der Waals surface area contributed by atoms with Crippen LogP contribution in [-0.2, 0) is 20.8 Å². The van der Waals surface area contributed by atoms with Crippen molar-refractivity contribution in [1.29, 1.82) is 0 Å². The zero-order valence-corrected chi connectivity index (χ0v) is 18.0. The Morgan fingerprint density at radius 2 is 1.81 bits per heavy atom. The van der Waals surface area contributed by atoms with E-state index in [0.717, 1.165) is 0 Å². The SMILES string of the molecule is COc1cc(OC)c2c(C)c(CC(=O)NCC(=O)N[C@H](C(=O)[O-])C(C)C)c(=O)oc2c1. The first-order chi connectivity index (χ1) is 14.6. The molecule has 168 valence electrons. The van der Waals surface area contributed by atoms with Crippen LogP contribution in [0.25, 0.3) is 11.0 Å². The van der Waals surface area contributed by atoms with Crippen LogP contribution in [0.5, 0.6) is 11.5 Å². The molecule has 0 aliphatic rings. The molecule has 0 aliphatic heterocycles. The van der Waals surface area contributed by atoms with Gasteiger partial charge in [0.2, 0.25) is 11.8 Å². The molecule has 2 aromatic rings. The number of carboxylic acid groups (broad SMARTS) is 1. The Kier molecular flexibility index (Phi) is 7.62. The summed E-state index contributed by atoms with van der Waals surface area (Å²) >= 11 is 0. The predicted octanol–water partition coefficient (Wildman–Crippen LogP) is -0.332. The van der Waals surface area contributed by atoms with Crippen molar-refractivity contribution in [3.8, 4) is 11.5 Å². The average molecular weight is 433 g/mol. The molecule has 1 aromatic heterocycles. The first-order valence-electron chi connectivity index (χ1n) is 9.54. The number of fused-ring (bicyclic) bond motifs is 1. The molecular weight excluding hydrogens is 408 g/mol. The Morgan fingerprint density at radius 3 is 2.35 bits per heavy atom. The summed E-state index contributed by atoms with van der Waals surface area (Å²) in [6, 6.07) is 2.00. The Balaban J connectivity index is 2.18. The predicted molar refractivity (Wildman–Crippen MR) is 109 cm³/mol. The highest BCUT2D eigenvalue weighted by atomic mass is 16.5. The summed E-state index contributed by atoms with van der Waals surface area (Å²) in [7, 11) is 2.93. The third-order valence-electron chi connectivity index (χ3n) is 4.79. The fraction of sp³-hybridized carbons (Fsp3) is 0.429. The Hall–Kier alpha value is -3.56. The highest BCUT2D eigenvalue weighted by Gasteiger charge is 2.20. The lowest BCUT2D eigenvalue weighted by molar-refractivity contribution is -0.309. The number of aliphatic carboxylic acids is 1. The van der Waals surface area contributed by atoms with Gasteiger partial charge in [-0.25, -0.2) is 4.79 Å². The molecule has 1 heterocycles. The molecule has 1 aromatic carbocycles. The quantitative estimate of drug-likeness (QED) is 0.511. The maximum atomic E-state index is 12.4. The summed E-state index contributed by atoms with van der Waals surface area (Å²) in [6.07, 6.45) is -0.333. The molecule has 2 rings (SSSR count). The number of carboxylic acids is 1. The van der Waals surface area contributed by atoms with Gasteiger partial charge in [0, 0.05) is 12.1 Å². The van der Waals surface area contributed by atoms with Gasteiger partial charge in [0.25, 0.3) is 0 Å². The van der Waals surface area contributed by atoms with Crippen LogP contribution in [0, 0.1) is 12.8 Å². The molecule has 10 nitrogen and oxygen atoms in total. The van der Waals surface area contributed by atoms with Crippen LogP contribution in [0.1, 0.15) is 25.0 Å². The van der Waals surface area contributed by atoms with Gasteiger partial charge in [-0.05, 0) is 18.4 Å². The fourth-order valence-corrected chi connectivity index (χ4v) is 3.09. The molecule has 0 saturated carbocycles. The summed E-state index contributed by atoms with van der Waals surface area (Å²) in [4.78, 5) is 47.8. The minimum Gasteiger partial charge on any atom is -0.548 e. The van der Waals surface area contributed by atoms with Crippen LogP contribution in [0.4, 0.5) is 0 Å². The summed E-state index contributed by atoms with van der Waals surface area (Å²) in [5.74, 6) is -2.23. The molecule has 1 atom stereocenters. The van der Waals surface area contributed by atoms with E-state index in [1.54, 1.807) is 32.9 Å². The molecule has 10 heteroatoms. The van der Waals surface area contributed by atoms with Gasteiger partial charge in [-0.15, -0.1) is 0 Å². The van der Waals surface area contributed by atoms with Gasteiger partial charge in [0.15, 0.2) is 0 Å². The highest BCUT2D eigenvalue weighted by molar-refractivity contribution is 5.91. The molecule has 0 radical (unpaired) electrons. The second kappa shape index (κ2) is 9.96. The normalized spacial score (nSPS) is 11.8. The number of carbonyl (C=O) groups excluding carboxylic acids is 3. The van der Waals surface area contributed by atoms with Crippen LogP contribution >= 0.6 is 0 Å². The summed E-state index contributed by atoms with van der Waals surface area (Å²) in [5, 5.41) is 16.2. The Labute approximate surface area is 178 Å². The number of methoxy groups -OCH3 is 2. The summed E-state index contributed by atoms with van der Waals surface area (Å²) in [6.45, 7) is 4.44. The first kappa shape index (κ1) is 23.7. The molecular formula is C21H25N2O8-. The van der Waals surface area contributed by atoms with Crippen molar-refractivity contribution in [2.45, 2.75) is 33.2 Å². The van der Waals surface area contributed by atoms with Crippen LogP contribution < -0.4 is 30.8 Å². The zero-order chi connectivity index (χ0) is 23.3. The minimum absolute atomic E-state index is 0.115. The van der Waals surface area contributed by atoms with Gasteiger partial charge < -0.3 is 34.4 Å². The van der Waals surface area contributed by atoms with Crippen molar-refractivity contribution in [3.63, 3.8) is 0 Å². The lowest BCUT2D eigenvalue weighted by Crippen LogP contribution is -2.53. The van der Waals surface area contributed by atoms with E-state index in [0.29, 0.717) is 22.4 Å². The van der Waals surface area contributed by atoms with Crippen molar-refractivity contribution >= 4 is 28.8 Å². The van der Waals surface area contributed by atoms with Gasteiger partial charge >= 0.3 is 5.63 Å². The van der Waals surface area contributed by atoms with Crippen LogP contribution in [0.2, 0.25) is 0 Å². The molecule has 0 saturated heterocycles. The number of hydrogen-bond donors (Lipinski definition) is 2. The third-order valence-corrected chi connectivity index (χ3v) is 4.79. The van der Waals surface area contributed by atoms with Crippen LogP contribution in [0.3, 0.4) is 0 Å². The monoisotopic (exact) mass is 433 g/mol. The molecule has 0 spiro atoms. The van der Waals surface area contributed by atoms with E-state index in [4.69, 9.17) is 13.9 Å². The molecule has 0 bridgehead atoms. The summed E-state index contributed by atoms with van der Waals surface area (Å²) < 4.78 is 15.9. The highest BCUT2D eigenvalue weighted by Crippen LogP contribution is 2.33. The minimum atomic E-state index is -1.41. The van der Waals surface area contributed by atoms with Crippen molar-refractivity contribution in [2.24, 2.45) is 5.92 Å². The number of benzene rings is 1. The molecule has 0 fully saturated rings. The maximum Gasteiger partial charge on any atom is 0.340 e. The van der Waals surface area contributed by atoms with Crippen LogP contribution in [0.15, 0.2) is 21.3 Å². The Bertz CT molecular complexity index is 1060.